The van der Waals surface area contributed by atoms with Gasteiger partial charge in [-0.15, -0.1) is 0 Å². The van der Waals surface area contributed by atoms with Gasteiger partial charge in [0.05, 0.1) is 13.3 Å². The van der Waals surface area contributed by atoms with Crippen LogP contribution in [-0.4, -0.2) is 61.0 Å². The number of amides is 1. The van der Waals surface area contributed by atoms with E-state index in [-0.39, 0.29) is 11.8 Å². The largest absolute Gasteiger partial charge is 0.366 e. The quantitative estimate of drug-likeness (QED) is 0.716. The van der Waals surface area contributed by atoms with E-state index in [1.165, 1.54) is 0 Å². The number of likely N-dealkylation sites (tertiary alicyclic amines) is 2. The minimum absolute atomic E-state index is 0.157. The number of piperidine rings is 2. The van der Waals surface area contributed by atoms with Crippen LogP contribution in [0.5, 0.6) is 0 Å². The number of ether oxygens (including phenoxy) is 1. The number of carbonyl (C=O) groups excluding carboxylic acids is 2. The van der Waals surface area contributed by atoms with Crippen molar-refractivity contribution in [3.8, 4) is 0 Å². The standard InChI is InChI=1S/C19H34N2O3/c1-4-18(22)16-7-11-21(12-8-16)19(23)17-5-9-20(10-6-17)14-24-13-15(2)3/h15-17H,4-14H2,1-3H3. The molecule has 0 aromatic rings. The van der Waals surface area contributed by atoms with Crippen LogP contribution in [0.3, 0.4) is 0 Å². The predicted octanol–water partition coefficient (Wildman–Crippen LogP) is 2.55. The van der Waals surface area contributed by atoms with Crippen molar-refractivity contribution in [1.82, 2.24) is 9.80 Å². The first kappa shape index (κ1) is 19.4. The molecule has 138 valence electrons. The molecule has 0 unspecified atom stereocenters. The molecule has 0 radical (unpaired) electrons. The topological polar surface area (TPSA) is 49.9 Å². The second-order valence-electron chi connectivity index (χ2n) is 7.71. The summed E-state index contributed by atoms with van der Waals surface area (Å²) < 4.78 is 5.69. The van der Waals surface area contributed by atoms with Gasteiger partial charge in [-0.3, -0.25) is 14.5 Å². The number of ketones is 1. The maximum Gasteiger partial charge on any atom is 0.225 e. The number of nitrogens with zero attached hydrogens (tertiary/aromatic N) is 2. The van der Waals surface area contributed by atoms with Gasteiger partial charge in [0.2, 0.25) is 5.91 Å². The fourth-order valence-electron chi connectivity index (χ4n) is 3.70. The Morgan fingerprint density at radius 1 is 1.00 bits per heavy atom. The molecular weight excluding hydrogens is 304 g/mol. The second-order valence-corrected chi connectivity index (χ2v) is 7.71. The molecule has 2 rings (SSSR count). The molecule has 2 aliphatic heterocycles. The van der Waals surface area contributed by atoms with Crippen molar-refractivity contribution in [2.75, 3.05) is 39.5 Å². The molecule has 5 heteroatoms. The van der Waals surface area contributed by atoms with Gasteiger partial charge in [0.15, 0.2) is 0 Å². The second kappa shape index (κ2) is 9.52. The van der Waals surface area contributed by atoms with Gasteiger partial charge < -0.3 is 9.64 Å². The molecule has 0 aliphatic carbocycles. The van der Waals surface area contributed by atoms with Gasteiger partial charge in [-0.25, -0.2) is 0 Å². The van der Waals surface area contributed by atoms with Gasteiger partial charge in [-0.2, -0.15) is 0 Å². The zero-order chi connectivity index (χ0) is 17.5. The van der Waals surface area contributed by atoms with Crippen molar-refractivity contribution in [2.45, 2.75) is 52.9 Å². The highest BCUT2D eigenvalue weighted by Crippen LogP contribution is 2.24. The van der Waals surface area contributed by atoms with E-state index in [4.69, 9.17) is 4.74 Å². The van der Waals surface area contributed by atoms with Crippen LogP contribution in [0.2, 0.25) is 0 Å². The summed E-state index contributed by atoms with van der Waals surface area (Å²) >= 11 is 0. The highest BCUT2D eigenvalue weighted by Gasteiger charge is 2.32. The minimum Gasteiger partial charge on any atom is -0.366 e. The van der Waals surface area contributed by atoms with Crippen molar-refractivity contribution in [3.05, 3.63) is 0 Å². The van der Waals surface area contributed by atoms with Crippen LogP contribution in [-0.2, 0) is 14.3 Å². The zero-order valence-corrected chi connectivity index (χ0v) is 15.6. The van der Waals surface area contributed by atoms with E-state index in [1.54, 1.807) is 0 Å². The van der Waals surface area contributed by atoms with Gasteiger partial charge in [0.25, 0.3) is 0 Å². The minimum atomic E-state index is 0.157. The summed E-state index contributed by atoms with van der Waals surface area (Å²) in [6.45, 7) is 11.1. The van der Waals surface area contributed by atoms with Crippen molar-refractivity contribution in [3.63, 3.8) is 0 Å². The van der Waals surface area contributed by atoms with Crippen molar-refractivity contribution in [1.29, 1.82) is 0 Å². The molecule has 0 aromatic carbocycles. The van der Waals surface area contributed by atoms with E-state index in [1.807, 2.05) is 11.8 Å². The Bertz CT molecular complexity index is 409. The van der Waals surface area contributed by atoms with E-state index < -0.39 is 0 Å². The first-order chi connectivity index (χ1) is 11.5. The molecular formula is C19H34N2O3. The molecule has 5 nitrogen and oxygen atoms in total. The molecule has 0 N–H and O–H groups in total. The lowest BCUT2D eigenvalue weighted by Crippen LogP contribution is -2.46. The molecule has 2 aliphatic rings. The number of hydrogen-bond donors (Lipinski definition) is 0. The molecule has 2 fully saturated rings. The lowest BCUT2D eigenvalue weighted by Gasteiger charge is -2.37. The first-order valence-corrected chi connectivity index (χ1v) is 9.62. The lowest BCUT2D eigenvalue weighted by molar-refractivity contribution is -0.140. The Morgan fingerprint density at radius 3 is 2.12 bits per heavy atom. The monoisotopic (exact) mass is 338 g/mol. The highest BCUT2D eigenvalue weighted by atomic mass is 16.5. The van der Waals surface area contributed by atoms with Gasteiger partial charge in [0, 0.05) is 44.4 Å². The van der Waals surface area contributed by atoms with Crippen LogP contribution in [0.4, 0.5) is 0 Å². The predicted molar refractivity (Wildman–Crippen MR) is 94.6 cm³/mol. The summed E-state index contributed by atoms with van der Waals surface area (Å²) in [6, 6.07) is 0. The van der Waals surface area contributed by atoms with Crippen LogP contribution in [0.25, 0.3) is 0 Å². The number of rotatable bonds is 7. The van der Waals surface area contributed by atoms with E-state index in [9.17, 15) is 9.59 Å². The maximum absolute atomic E-state index is 12.7. The van der Waals surface area contributed by atoms with Gasteiger partial charge in [-0.05, 0) is 31.6 Å². The van der Waals surface area contributed by atoms with E-state index in [0.717, 1.165) is 58.5 Å². The Balaban J connectivity index is 1.69. The summed E-state index contributed by atoms with van der Waals surface area (Å²) in [7, 11) is 0. The highest BCUT2D eigenvalue weighted by molar-refractivity contribution is 5.82. The fourth-order valence-corrected chi connectivity index (χ4v) is 3.70. The van der Waals surface area contributed by atoms with Crippen LogP contribution in [0, 0.1) is 17.8 Å². The van der Waals surface area contributed by atoms with E-state index >= 15 is 0 Å². The number of hydrogen-bond acceptors (Lipinski definition) is 4. The molecule has 0 saturated carbocycles. The van der Waals surface area contributed by atoms with E-state index in [2.05, 4.69) is 18.7 Å². The fraction of sp³-hybridized carbons (Fsp3) is 0.895. The third-order valence-corrected chi connectivity index (χ3v) is 5.27. The Kier molecular flexibility index (Phi) is 7.69. The van der Waals surface area contributed by atoms with E-state index in [0.29, 0.717) is 30.8 Å². The Hall–Kier alpha value is -0.940. The molecule has 0 spiro atoms. The SMILES string of the molecule is CCC(=O)C1CCN(C(=O)C2CCN(COCC(C)C)CC2)CC1. The van der Waals surface area contributed by atoms with Crippen molar-refractivity contribution >= 4 is 11.7 Å². The summed E-state index contributed by atoms with van der Waals surface area (Å²) in [5, 5.41) is 0. The molecule has 0 atom stereocenters. The number of carbonyl (C=O) groups is 2. The van der Waals surface area contributed by atoms with Gasteiger partial charge in [0.1, 0.15) is 5.78 Å². The zero-order valence-electron chi connectivity index (χ0n) is 15.6. The normalized spacial score (nSPS) is 21.4. The van der Waals surface area contributed by atoms with Crippen LogP contribution in [0.1, 0.15) is 52.9 Å². The molecule has 2 saturated heterocycles. The van der Waals surface area contributed by atoms with Crippen molar-refractivity contribution < 1.29 is 14.3 Å². The third kappa shape index (κ3) is 5.55. The summed E-state index contributed by atoms with van der Waals surface area (Å²) in [5.74, 6) is 1.56. The Labute approximate surface area is 146 Å². The van der Waals surface area contributed by atoms with Gasteiger partial charge in [-0.1, -0.05) is 20.8 Å². The molecule has 24 heavy (non-hydrogen) atoms. The summed E-state index contributed by atoms with van der Waals surface area (Å²) in [6.07, 6.45) is 4.17. The summed E-state index contributed by atoms with van der Waals surface area (Å²) in [4.78, 5) is 28.8. The molecule has 1 amide bonds. The average molecular weight is 338 g/mol. The molecule has 2 heterocycles. The molecule has 0 aromatic heterocycles. The first-order valence-electron chi connectivity index (χ1n) is 9.62. The Morgan fingerprint density at radius 2 is 1.58 bits per heavy atom. The van der Waals surface area contributed by atoms with Crippen LogP contribution in [0.15, 0.2) is 0 Å². The maximum atomic E-state index is 12.7. The molecule has 0 bridgehead atoms. The average Bonchev–Trinajstić information content (AvgIpc) is 2.61. The third-order valence-electron chi connectivity index (χ3n) is 5.27. The number of Topliss-reactive ketones (excluding diaryl/α,β-unsaturated/α-hetero) is 1. The lowest BCUT2D eigenvalue weighted by atomic mass is 9.89. The van der Waals surface area contributed by atoms with Crippen molar-refractivity contribution in [2.24, 2.45) is 17.8 Å². The smallest absolute Gasteiger partial charge is 0.225 e. The summed E-state index contributed by atoms with van der Waals surface area (Å²) in [5.41, 5.74) is 0. The van der Waals surface area contributed by atoms with Crippen LogP contribution >= 0.6 is 0 Å². The van der Waals surface area contributed by atoms with Gasteiger partial charge >= 0.3 is 0 Å². The van der Waals surface area contributed by atoms with Crippen LogP contribution < -0.4 is 0 Å².